The van der Waals surface area contributed by atoms with Crippen LogP contribution < -0.4 is 5.32 Å². The summed E-state index contributed by atoms with van der Waals surface area (Å²) >= 11 is 7.35. The van der Waals surface area contributed by atoms with Gasteiger partial charge in [0.25, 0.3) is 0 Å². The van der Waals surface area contributed by atoms with Crippen LogP contribution in [0.4, 0.5) is 5.13 Å². The molecule has 0 saturated heterocycles. The van der Waals surface area contributed by atoms with Gasteiger partial charge in [-0.2, -0.15) is 0 Å². The summed E-state index contributed by atoms with van der Waals surface area (Å²) in [6, 6.07) is 14.7. The SMILES string of the molecule is [N-]=[N+]=NCCCCCCCCc1ccccc1-c1csc(NC(Cc2ccc(Cl)cc2)C(=O)O)n1. The molecule has 35 heavy (non-hydrogen) atoms. The maximum Gasteiger partial charge on any atom is 0.326 e. The second-order valence-corrected chi connectivity index (χ2v) is 9.68. The molecule has 1 heterocycles. The van der Waals surface area contributed by atoms with E-state index in [2.05, 4.69) is 27.5 Å². The van der Waals surface area contributed by atoms with Gasteiger partial charge in [0, 0.05) is 33.8 Å². The number of halogens is 1. The molecule has 0 aliphatic rings. The summed E-state index contributed by atoms with van der Waals surface area (Å²) in [7, 11) is 0. The number of unbranched alkanes of at least 4 members (excludes halogenated alkanes) is 5. The number of nitrogens with one attached hydrogen (secondary N) is 1. The number of aromatic nitrogens is 1. The van der Waals surface area contributed by atoms with Crippen molar-refractivity contribution >= 4 is 34.0 Å². The number of aliphatic carboxylic acids is 1. The van der Waals surface area contributed by atoms with Gasteiger partial charge in [0.05, 0.1) is 5.69 Å². The highest BCUT2D eigenvalue weighted by Gasteiger charge is 2.20. The van der Waals surface area contributed by atoms with Crippen molar-refractivity contribution in [3.63, 3.8) is 0 Å². The number of hydrogen-bond acceptors (Lipinski definition) is 5. The molecule has 0 amide bonds. The molecule has 184 valence electrons. The standard InChI is InChI=1S/C26H30ClN5O2S/c27-21-14-12-19(13-15-21)17-23(25(33)34)30-26-31-24(18-35-26)22-11-7-6-10-20(22)9-5-3-1-2-4-8-16-29-32-28/h6-7,10-15,18,23H,1-5,8-9,16-17H2,(H,30,31)(H,33,34). The predicted molar refractivity (Wildman–Crippen MR) is 143 cm³/mol. The van der Waals surface area contributed by atoms with Crippen LogP contribution in [-0.4, -0.2) is 28.6 Å². The lowest BCUT2D eigenvalue weighted by molar-refractivity contribution is -0.137. The van der Waals surface area contributed by atoms with Crippen molar-refractivity contribution in [1.29, 1.82) is 0 Å². The molecule has 0 aliphatic carbocycles. The Labute approximate surface area is 214 Å². The maximum atomic E-state index is 11.8. The summed E-state index contributed by atoms with van der Waals surface area (Å²) in [5.74, 6) is -0.921. The highest BCUT2D eigenvalue weighted by Crippen LogP contribution is 2.29. The van der Waals surface area contributed by atoms with Gasteiger partial charge in [0.2, 0.25) is 0 Å². The Bertz CT molecular complexity index is 1130. The summed E-state index contributed by atoms with van der Waals surface area (Å²) in [5, 5.41) is 19.6. The second-order valence-electron chi connectivity index (χ2n) is 8.39. The van der Waals surface area contributed by atoms with Crippen LogP contribution in [0.25, 0.3) is 21.7 Å². The van der Waals surface area contributed by atoms with E-state index in [-0.39, 0.29) is 0 Å². The zero-order chi connectivity index (χ0) is 24.9. The normalized spacial score (nSPS) is 11.6. The molecule has 1 atom stereocenters. The first kappa shape index (κ1) is 26.5. The Balaban J connectivity index is 1.55. The number of azide groups is 1. The van der Waals surface area contributed by atoms with Crippen LogP contribution in [0.15, 0.2) is 59.0 Å². The third-order valence-electron chi connectivity index (χ3n) is 5.76. The zero-order valence-electron chi connectivity index (χ0n) is 19.6. The number of benzene rings is 2. The van der Waals surface area contributed by atoms with Crippen molar-refractivity contribution in [2.24, 2.45) is 5.11 Å². The average Bonchev–Trinajstić information content (AvgIpc) is 3.32. The van der Waals surface area contributed by atoms with Crippen LogP contribution in [-0.2, 0) is 17.6 Å². The number of carbonyl (C=O) groups is 1. The van der Waals surface area contributed by atoms with E-state index in [0.717, 1.165) is 55.3 Å². The van der Waals surface area contributed by atoms with E-state index < -0.39 is 12.0 Å². The van der Waals surface area contributed by atoms with Crippen molar-refractivity contribution in [3.8, 4) is 11.3 Å². The molecule has 2 aromatic carbocycles. The van der Waals surface area contributed by atoms with Gasteiger partial charge in [-0.1, -0.05) is 78.8 Å². The third-order valence-corrected chi connectivity index (χ3v) is 6.79. The number of aryl methyl sites for hydroxylation is 1. The number of carboxylic acids is 1. The van der Waals surface area contributed by atoms with E-state index in [9.17, 15) is 9.90 Å². The van der Waals surface area contributed by atoms with Crippen LogP contribution in [0.1, 0.15) is 49.7 Å². The summed E-state index contributed by atoms with van der Waals surface area (Å²) in [4.78, 5) is 19.3. The topological polar surface area (TPSA) is 111 Å². The van der Waals surface area contributed by atoms with E-state index in [1.165, 1.54) is 23.3 Å². The van der Waals surface area contributed by atoms with Crippen LogP contribution in [0.2, 0.25) is 5.02 Å². The van der Waals surface area contributed by atoms with Crippen LogP contribution in [0.5, 0.6) is 0 Å². The minimum absolute atomic E-state index is 0.337. The number of anilines is 1. The lowest BCUT2D eigenvalue weighted by Gasteiger charge is -2.14. The van der Waals surface area contributed by atoms with E-state index in [1.807, 2.05) is 29.6 Å². The van der Waals surface area contributed by atoms with Crippen molar-refractivity contribution in [2.75, 3.05) is 11.9 Å². The highest BCUT2D eigenvalue weighted by molar-refractivity contribution is 7.14. The van der Waals surface area contributed by atoms with E-state index in [4.69, 9.17) is 22.1 Å². The van der Waals surface area contributed by atoms with Gasteiger partial charge in [-0.05, 0) is 48.1 Å². The fourth-order valence-electron chi connectivity index (χ4n) is 3.91. The molecule has 0 saturated carbocycles. The lowest BCUT2D eigenvalue weighted by Crippen LogP contribution is -2.31. The Kier molecular flexibility index (Phi) is 10.9. The van der Waals surface area contributed by atoms with E-state index in [1.54, 1.807) is 12.1 Å². The molecule has 0 bridgehead atoms. The second kappa shape index (κ2) is 14.4. The van der Waals surface area contributed by atoms with Gasteiger partial charge in [0.1, 0.15) is 6.04 Å². The van der Waals surface area contributed by atoms with Crippen LogP contribution >= 0.6 is 22.9 Å². The summed E-state index contributed by atoms with van der Waals surface area (Å²) in [5.41, 5.74) is 12.4. The molecular formula is C26H30ClN5O2S. The minimum atomic E-state index is -0.921. The molecule has 2 N–H and O–H groups in total. The molecule has 0 radical (unpaired) electrons. The van der Waals surface area contributed by atoms with Crippen molar-refractivity contribution in [2.45, 2.75) is 57.4 Å². The molecule has 0 fully saturated rings. The maximum absolute atomic E-state index is 11.8. The number of rotatable bonds is 15. The molecule has 0 aliphatic heterocycles. The fourth-order valence-corrected chi connectivity index (χ4v) is 4.80. The Morgan fingerprint density at radius 3 is 2.54 bits per heavy atom. The summed E-state index contributed by atoms with van der Waals surface area (Å²) < 4.78 is 0. The molecule has 1 aromatic heterocycles. The molecule has 0 spiro atoms. The average molecular weight is 512 g/mol. The first-order valence-electron chi connectivity index (χ1n) is 11.9. The van der Waals surface area contributed by atoms with Gasteiger partial charge < -0.3 is 10.4 Å². The summed E-state index contributed by atoms with van der Waals surface area (Å²) in [6.45, 7) is 0.586. The smallest absolute Gasteiger partial charge is 0.326 e. The third kappa shape index (κ3) is 8.91. The Morgan fingerprint density at radius 2 is 1.80 bits per heavy atom. The van der Waals surface area contributed by atoms with Crippen molar-refractivity contribution < 1.29 is 9.90 Å². The fraction of sp³-hybridized carbons (Fsp3) is 0.385. The molecule has 7 nitrogen and oxygen atoms in total. The molecule has 3 rings (SSSR count). The minimum Gasteiger partial charge on any atom is -0.480 e. The largest absolute Gasteiger partial charge is 0.480 e. The van der Waals surface area contributed by atoms with Gasteiger partial charge in [-0.15, -0.1) is 11.3 Å². The first-order valence-corrected chi connectivity index (χ1v) is 13.1. The van der Waals surface area contributed by atoms with Gasteiger partial charge >= 0.3 is 5.97 Å². The lowest BCUT2D eigenvalue weighted by atomic mass is 9.99. The van der Waals surface area contributed by atoms with Gasteiger partial charge in [-0.25, -0.2) is 9.78 Å². The number of carboxylic acid groups (broad SMARTS) is 1. The monoisotopic (exact) mass is 511 g/mol. The molecule has 3 aromatic rings. The van der Waals surface area contributed by atoms with Crippen LogP contribution in [0, 0.1) is 0 Å². The zero-order valence-corrected chi connectivity index (χ0v) is 21.1. The van der Waals surface area contributed by atoms with Crippen LogP contribution in [0.3, 0.4) is 0 Å². The Hall–Kier alpha value is -3.06. The number of thiazole rings is 1. The number of hydrogen-bond donors (Lipinski definition) is 2. The van der Waals surface area contributed by atoms with Gasteiger partial charge in [-0.3, -0.25) is 0 Å². The van der Waals surface area contributed by atoms with E-state index in [0.29, 0.717) is 23.1 Å². The Morgan fingerprint density at radius 1 is 1.09 bits per heavy atom. The first-order chi connectivity index (χ1) is 17.1. The highest BCUT2D eigenvalue weighted by atomic mass is 35.5. The van der Waals surface area contributed by atoms with E-state index >= 15 is 0 Å². The van der Waals surface area contributed by atoms with Crippen molar-refractivity contribution in [1.82, 2.24) is 4.98 Å². The molecule has 9 heteroatoms. The predicted octanol–water partition coefficient (Wildman–Crippen LogP) is 7.76. The summed E-state index contributed by atoms with van der Waals surface area (Å²) in [6.07, 6.45) is 7.95. The molecular weight excluding hydrogens is 482 g/mol. The van der Waals surface area contributed by atoms with Crippen molar-refractivity contribution in [3.05, 3.63) is 80.5 Å². The molecule has 1 unspecified atom stereocenters. The number of nitrogens with zero attached hydrogens (tertiary/aromatic N) is 4. The quantitative estimate of drug-likeness (QED) is 0.0938. The van der Waals surface area contributed by atoms with Gasteiger partial charge in [0.15, 0.2) is 5.13 Å².